The molecule has 0 saturated carbocycles. The van der Waals surface area contributed by atoms with Crippen molar-refractivity contribution < 1.29 is 18.7 Å². The second-order valence-corrected chi connectivity index (χ2v) is 9.69. The fraction of sp³-hybridized carbons (Fsp3) is 0.310. The van der Waals surface area contributed by atoms with E-state index >= 15 is 0 Å². The molecule has 0 heterocycles. The smallest absolute Gasteiger partial charge is 0.261 e. The summed E-state index contributed by atoms with van der Waals surface area (Å²) in [6.45, 7) is 5.49. The molecule has 0 aliphatic rings. The van der Waals surface area contributed by atoms with Gasteiger partial charge in [-0.15, -0.1) is 0 Å². The van der Waals surface area contributed by atoms with Crippen LogP contribution in [0.25, 0.3) is 0 Å². The van der Waals surface area contributed by atoms with Crippen LogP contribution in [0.4, 0.5) is 4.39 Å². The van der Waals surface area contributed by atoms with Gasteiger partial charge in [0.05, 0.1) is 0 Å². The highest BCUT2D eigenvalue weighted by Gasteiger charge is 2.31. The first-order chi connectivity index (χ1) is 17.3. The fourth-order valence-electron chi connectivity index (χ4n) is 3.74. The van der Waals surface area contributed by atoms with Gasteiger partial charge < -0.3 is 15.0 Å². The number of benzene rings is 3. The van der Waals surface area contributed by atoms with Gasteiger partial charge in [-0.3, -0.25) is 9.59 Å². The molecule has 3 aromatic carbocycles. The maximum absolute atomic E-state index is 14.6. The lowest BCUT2D eigenvalue weighted by atomic mass is 10.0. The van der Waals surface area contributed by atoms with Crippen LogP contribution in [0.1, 0.15) is 37.0 Å². The summed E-state index contributed by atoms with van der Waals surface area (Å²) in [6.07, 6.45) is 1.04. The molecule has 0 saturated heterocycles. The standard InChI is InChI=1S/C29H32BrFN2O3/c1-4-21(3)32-29(35)27(17-22-10-6-5-7-11-22)33(18-23-12-8-9-13-26(23)31)28(34)19-36-24-14-15-25(30)20(2)16-24/h5-16,21,27H,4,17-19H2,1-3H3,(H,32,35)/t21-,27-/m1/s1. The molecular formula is C29H32BrFN2O3. The Morgan fingerprint density at radius 3 is 2.42 bits per heavy atom. The zero-order chi connectivity index (χ0) is 26.1. The second-order valence-electron chi connectivity index (χ2n) is 8.84. The van der Waals surface area contributed by atoms with Crippen LogP contribution < -0.4 is 10.1 Å². The molecule has 2 atom stereocenters. The summed E-state index contributed by atoms with van der Waals surface area (Å²) in [4.78, 5) is 28.4. The van der Waals surface area contributed by atoms with Crippen molar-refractivity contribution >= 4 is 27.7 Å². The van der Waals surface area contributed by atoms with E-state index in [1.54, 1.807) is 24.3 Å². The van der Waals surface area contributed by atoms with E-state index in [1.165, 1.54) is 11.0 Å². The van der Waals surface area contributed by atoms with Crippen molar-refractivity contribution in [2.75, 3.05) is 6.61 Å². The molecule has 3 aromatic rings. The SMILES string of the molecule is CC[C@@H](C)NC(=O)[C@@H](Cc1ccccc1)N(Cc1ccccc1F)C(=O)COc1ccc(Br)c(C)c1. The number of carbonyl (C=O) groups excluding carboxylic acids is 2. The number of halogens is 2. The molecule has 0 radical (unpaired) electrons. The fourth-order valence-corrected chi connectivity index (χ4v) is 3.99. The second kappa shape index (κ2) is 13.2. The third kappa shape index (κ3) is 7.65. The van der Waals surface area contributed by atoms with Gasteiger partial charge in [0.1, 0.15) is 17.6 Å². The summed E-state index contributed by atoms with van der Waals surface area (Å²) in [5.41, 5.74) is 2.20. The van der Waals surface area contributed by atoms with Crippen molar-refractivity contribution in [1.29, 1.82) is 0 Å². The summed E-state index contributed by atoms with van der Waals surface area (Å²) >= 11 is 3.46. The highest BCUT2D eigenvalue weighted by molar-refractivity contribution is 9.10. The van der Waals surface area contributed by atoms with E-state index in [2.05, 4.69) is 21.2 Å². The Balaban J connectivity index is 1.92. The average Bonchev–Trinajstić information content (AvgIpc) is 2.88. The minimum Gasteiger partial charge on any atom is -0.484 e. The molecule has 5 nitrogen and oxygen atoms in total. The maximum atomic E-state index is 14.6. The quantitative estimate of drug-likeness (QED) is 0.324. The lowest BCUT2D eigenvalue weighted by Gasteiger charge is -2.32. The number of ether oxygens (including phenoxy) is 1. The number of nitrogens with zero attached hydrogens (tertiary/aromatic N) is 1. The van der Waals surface area contributed by atoms with Crippen LogP contribution in [0.3, 0.4) is 0 Å². The van der Waals surface area contributed by atoms with E-state index in [-0.39, 0.29) is 25.1 Å². The number of hydrogen-bond acceptors (Lipinski definition) is 3. The molecule has 0 unspecified atom stereocenters. The van der Waals surface area contributed by atoms with E-state index < -0.39 is 17.8 Å². The molecule has 0 aliphatic carbocycles. The minimum absolute atomic E-state index is 0.0559. The Morgan fingerprint density at radius 1 is 1.06 bits per heavy atom. The monoisotopic (exact) mass is 554 g/mol. The molecule has 36 heavy (non-hydrogen) atoms. The van der Waals surface area contributed by atoms with Gasteiger partial charge in [-0.1, -0.05) is 71.4 Å². The van der Waals surface area contributed by atoms with Gasteiger partial charge in [-0.2, -0.15) is 0 Å². The van der Waals surface area contributed by atoms with Gasteiger partial charge in [0, 0.05) is 29.0 Å². The molecule has 1 N–H and O–H groups in total. The van der Waals surface area contributed by atoms with Crippen molar-refractivity contribution in [3.8, 4) is 5.75 Å². The molecule has 3 rings (SSSR count). The number of rotatable bonds is 11. The Kier molecular flexibility index (Phi) is 10.1. The number of hydrogen-bond donors (Lipinski definition) is 1. The van der Waals surface area contributed by atoms with Crippen LogP contribution in [0.5, 0.6) is 5.75 Å². The largest absolute Gasteiger partial charge is 0.484 e. The van der Waals surface area contributed by atoms with Gasteiger partial charge in [-0.05, 0) is 55.7 Å². The average molecular weight is 555 g/mol. The first-order valence-corrected chi connectivity index (χ1v) is 12.8. The van der Waals surface area contributed by atoms with Gasteiger partial charge in [-0.25, -0.2) is 4.39 Å². The van der Waals surface area contributed by atoms with Crippen molar-refractivity contribution in [3.63, 3.8) is 0 Å². The first kappa shape index (κ1) is 27.4. The zero-order valence-corrected chi connectivity index (χ0v) is 22.4. The summed E-state index contributed by atoms with van der Waals surface area (Å²) in [7, 11) is 0. The lowest BCUT2D eigenvalue weighted by molar-refractivity contribution is -0.143. The van der Waals surface area contributed by atoms with Gasteiger partial charge >= 0.3 is 0 Å². The Morgan fingerprint density at radius 2 is 1.75 bits per heavy atom. The first-order valence-electron chi connectivity index (χ1n) is 12.0. The Hall–Kier alpha value is -3.19. The van der Waals surface area contributed by atoms with Crippen LogP contribution in [0, 0.1) is 12.7 Å². The van der Waals surface area contributed by atoms with Crippen LogP contribution in [0.15, 0.2) is 77.3 Å². The molecule has 2 amide bonds. The summed E-state index contributed by atoms with van der Waals surface area (Å²) in [5, 5.41) is 3.00. The number of amides is 2. The number of aryl methyl sites for hydroxylation is 1. The third-order valence-corrected chi connectivity index (χ3v) is 6.95. The molecule has 0 fully saturated rings. The molecular weight excluding hydrogens is 523 g/mol. The van der Waals surface area contributed by atoms with Crippen LogP contribution in [0.2, 0.25) is 0 Å². The van der Waals surface area contributed by atoms with Crippen molar-refractivity contribution in [2.45, 2.75) is 52.2 Å². The molecule has 0 aromatic heterocycles. The van der Waals surface area contributed by atoms with E-state index in [9.17, 15) is 14.0 Å². The van der Waals surface area contributed by atoms with Crippen molar-refractivity contribution in [2.24, 2.45) is 0 Å². The summed E-state index contributed by atoms with van der Waals surface area (Å²) < 4.78 is 21.4. The number of carbonyl (C=O) groups is 2. The molecule has 0 bridgehead atoms. The summed E-state index contributed by atoms with van der Waals surface area (Å²) in [5.74, 6) is -0.574. The molecule has 190 valence electrons. The Labute approximate surface area is 220 Å². The lowest BCUT2D eigenvalue weighted by Crippen LogP contribution is -2.53. The normalized spacial score (nSPS) is 12.5. The predicted molar refractivity (Wildman–Crippen MR) is 143 cm³/mol. The van der Waals surface area contributed by atoms with Gasteiger partial charge in [0.2, 0.25) is 5.91 Å². The predicted octanol–water partition coefficient (Wildman–Crippen LogP) is 5.83. The highest BCUT2D eigenvalue weighted by atomic mass is 79.9. The van der Waals surface area contributed by atoms with Gasteiger partial charge in [0.25, 0.3) is 5.91 Å². The van der Waals surface area contributed by atoms with Crippen molar-refractivity contribution in [1.82, 2.24) is 10.2 Å². The highest BCUT2D eigenvalue weighted by Crippen LogP contribution is 2.22. The zero-order valence-electron chi connectivity index (χ0n) is 20.8. The molecule has 7 heteroatoms. The van der Waals surface area contributed by atoms with Crippen molar-refractivity contribution in [3.05, 3.63) is 99.8 Å². The topological polar surface area (TPSA) is 58.6 Å². The van der Waals surface area contributed by atoms with E-state index in [0.717, 1.165) is 22.0 Å². The maximum Gasteiger partial charge on any atom is 0.261 e. The van der Waals surface area contributed by atoms with Crippen LogP contribution in [-0.4, -0.2) is 35.4 Å². The van der Waals surface area contributed by atoms with Crippen LogP contribution in [-0.2, 0) is 22.6 Å². The minimum atomic E-state index is -0.844. The number of nitrogens with one attached hydrogen (secondary N) is 1. The third-order valence-electron chi connectivity index (χ3n) is 6.06. The van der Waals surface area contributed by atoms with Crippen LogP contribution >= 0.6 is 15.9 Å². The Bertz CT molecular complexity index is 1170. The van der Waals surface area contributed by atoms with E-state index in [1.807, 2.05) is 63.2 Å². The molecule has 0 spiro atoms. The van der Waals surface area contributed by atoms with Gasteiger partial charge in [0.15, 0.2) is 6.61 Å². The van der Waals surface area contributed by atoms with E-state index in [4.69, 9.17) is 4.74 Å². The van der Waals surface area contributed by atoms with E-state index in [0.29, 0.717) is 17.7 Å². The summed E-state index contributed by atoms with van der Waals surface area (Å²) in [6, 6.07) is 20.3. The molecule has 0 aliphatic heterocycles.